The lowest BCUT2D eigenvalue weighted by Crippen LogP contribution is -1.94. The fourth-order valence-corrected chi connectivity index (χ4v) is 5.87. The molecule has 1 heterocycles. The van der Waals surface area contributed by atoms with Crippen LogP contribution in [0.3, 0.4) is 0 Å². The lowest BCUT2D eigenvalue weighted by atomic mass is 10.1. The average Bonchev–Trinajstić information content (AvgIpc) is 2.60. The van der Waals surface area contributed by atoms with Crippen molar-refractivity contribution < 1.29 is 0 Å². The van der Waals surface area contributed by atoms with Gasteiger partial charge in [-0.1, -0.05) is 27.5 Å². The van der Waals surface area contributed by atoms with Gasteiger partial charge in [-0.15, -0.1) is 11.3 Å². The summed E-state index contributed by atoms with van der Waals surface area (Å²) in [6, 6.07) is 8.12. The first-order chi connectivity index (χ1) is 7.99. The second-order valence-corrected chi connectivity index (χ2v) is 8.25. The molecule has 0 nitrogen and oxygen atoms in total. The van der Waals surface area contributed by atoms with E-state index in [9.17, 15) is 0 Å². The summed E-state index contributed by atoms with van der Waals surface area (Å²) in [7, 11) is 0. The van der Waals surface area contributed by atoms with Crippen molar-refractivity contribution in [3.63, 3.8) is 0 Å². The topological polar surface area (TPSA) is 0 Å². The van der Waals surface area contributed by atoms with E-state index in [0.29, 0.717) is 0 Å². The van der Waals surface area contributed by atoms with Gasteiger partial charge in [0.1, 0.15) is 0 Å². The third kappa shape index (κ3) is 3.26. The third-order valence-corrected chi connectivity index (χ3v) is 6.80. The minimum Gasteiger partial charge on any atom is -0.143 e. The van der Waals surface area contributed by atoms with Gasteiger partial charge in [0.2, 0.25) is 0 Å². The maximum absolute atomic E-state index is 6.06. The first-order valence-corrected chi connectivity index (χ1v) is 8.82. The summed E-state index contributed by atoms with van der Waals surface area (Å²) in [4.78, 5) is 2.76. The second kappa shape index (κ2) is 5.90. The Morgan fingerprint density at radius 3 is 2.65 bits per heavy atom. The van der Waals surface area contributed by atoms with Crippen LogP contribution in [0.25, 0.3) is 0 Å². The zero-order chi connectivity index (χ0) is 12.6. The van der Waals surface area contributed by atoms with Gasteiger partial charge in [-0.2, -0.15) is 0 Å². The molecule has 0 fully saturated rings. The maximum Gasteiger partial charge on any atom is 0.0760 e. The quantitative estimate of drug-likeness (QED) is 0.320. The standard InChI is InChI=1S/C12H8Br2ClIS/c1-6-4-9(13)12(17-6)11(14)8-5-7(15)2-3-10(8)16/h2-5,11H,1H3. The normalized spacial score (nSPS) is 12.8. The lowest BCUT2D eigenvalue weighted by molar-refractivity contribution is 1.20. The molecule has 0 aliphatic rings. The van der Waals surface area contributed by atoms with Crippen LogP contribution < -0.4 is 0 Å². The van der Waals surface area contributed by atoms with Crippen molar-refractivity contribution in [2.24, 2.45) is 0 Å². The Kier molecular flexibility index (Phi) is 4.97. The second-order valence-electron chi connectivity index (χ2n) is 3.60. The van der Waals surface area contributed by atoms with Gasteiger partial charge in [-0.3, -0.25) is 0 Å². The zero-order valence-corrected chi connectivity index (χ0v) is 15.7. The number of hydrogen-bond acceptors (Lipinski definition) is 1. The molecule has 0 spiro atoms. The first-order valence-electron chi connectivity index (χ1n) is 4.84. The monoisotopic (exact) mass is 504 g/mol. The maximum atomic E-state index is 6.06. The first kappa shape index (κ1) is 14.3. The molecule has 0 saturated heterocycles. The molecule has 1 atom stereocenters. The van der Waals surface area contributed by atoms with E-state index < -0.39 is 0 Å². The van der Waals surface area contributed by atoms with Gasteiger partial charge in [-0.25, -0.2) is 0 Å². The molecule has 1 aromatic carbocycles. The highest BCUT2D eigenvalue weighted by Crippen LogP contribution is 2.42. The Hall–Kier alpha value is 0.900. The van der Waals surface area contributed by atoms with Crippen molar-refractivity contribution >= 4 is 77.4 Å². The zero-order valence-electron chi connectivity index (χ0n) is 8.81. The van der Waals surface area contributed by atoms with Crippen LogP contribution >= 0.6 is 77.4 Å². The summed E-state index contributed by atoms with van der Waals surface area (Å²) in [5.74, 6) is 0. The molecule has 0 amide bonds. The number of hydrogen-bond donors (Lipinski definition) is 0. The van der Waals surface area contributed by atoms with Crippen LogP contribution in [-0.2, 0) is 0 Å². The summed E-state index contributed by atoms with van der Waals surface area (Å²) < 4.78 is 2.37. The van der Waals surface area contributed by atoms with E-state index in [-0.39, 0.29) is 4.83 Å². The largest absolute Gasteiger partial charge is 0.143 e. The van der Waals surface area contributed by atoms with Crippen LogP contribution in [0.5, 0.6) is 0 Å². The van der Waals surface area contributed by atoms with Gasteiger partial charge in [0.05, 0.1) is 4.83 Å². The molecule has 2 rings (SSSR count). The van der Waals surface area contributed by atoms with Crippen LogP contribution in [0.2, 0.25) is 5.02 Å². The van der Waals surface area contributed by atoms with Crippen molar-refractivity contribution in [1.29, 1.82) is 0 Å². The van der Waals surface area contributed by atoms with Crippen LogP contribution in [0.1, 0.15) is 20.1 Å². The Labute approximate surface area is 140 Å². The molecule has 0 aliphatic heterocycles. The van der Waals surface area contributed by atoms with Crippen molar-refractivity contribution in [1.82, 2.24) is 0 Å². The summed E-state index contributed by atoms with van der Waals surface area (Å²) in [6.45, 7) is 2.11. The average molecular weight is 506 g/mol. The Bertz CT molecular complexity index is 553. The highest BCUT2D eigenvalue weighted by molar-refractivity contribution is 14.1. The van der Waals surface area contributed by atoms with E-state index in [1.807, 2.05) is 18.2 Å². The van der Waals surface area contributed by atoms with Crippen LogP contribution in [0.4, 0.5) is 0 Å². The Morgan fingerprint density at radius 2 is 2.06 bits per heavy atom. The highest BCUT2D eigenvalue weighted by Gasteiger charge is 2.18. The summed E-state index contributed by atoms with van der Waals surface area (Å²) in [6.07, 6.45) is 0. The number of thiophene rings is 1. The van der Waals surface area contributed by atoms with E-state index in [1.165, 1.54) is 18.9 Å². The molecule has 0 N–H and O–H groups in total. The summed E-state index contributed by atoms with van der Waals surface area (Å²) in [5.41, 5.74) is 1.21. The lowest BCUT2D eigenvalue weighted by Gasteiger charge is -2.12. The van der Waals surface area contributed by atoms with Gasteiger partial charge in [0.25, 0.3) is 0 Å². The minimum absolute atomic E-state index is 0.182. The number of rotatable bonds is 2. The van der Waals surface area contributed by atoms with E-state index >= 15 is 0 Å². The van der Waals surface area contributed by atoms with Crippen LogP contribution in [0.15, 0.2) is 28.7 Å². The SMILES string of the molecule is Cc1cc(Br)c(C(Br)c2cc(Cl)ccc2I)s1. The van der Waals surface area contributed by atoms with Gasteiger partial charge < -0.3 is 0 Å². The smallest absolute Gasteiger partial charge is 0.0760 e. The van der Waals surface area contributed by atoms with Crippen molar-refractivity contribution in [2.75, 3.05) is 0 Å². The molecule has 90 valence electrons. The molecule has 0 radical (unpaired) electrons. The van der Waals surface area contributed by atoms with Crippen LogP contribution in [0, 0.1) is 10.5 Å². The Balaban J connectivity index is 2.46. The van der Waals surface area contributed by atoms with Crippen LogP contribution in [-0.4, -0.2) is 0 Å². The van der Waals surface area contributed by atoms with E-state index in [2.05, 4.69) is 67.4 Å². The molecule has 0 bridgehead atoms. The highest BCUT2D eigenvalue weighted by atomic mass is 127. The predicted octanol–water partition coefficient (Wildman–Crippen LogP) is 6.56. The predicted molar refractivity (Wildman–Crippen MR) is 91.7 cm³/mol. The molecule has 0 saturated carbocycles. The number of halogens is 4. The van der Waals surface area contributed by atoms with Gasteiger partial charge in [0.15, 0.2) is 0 Å². The fourth-order valence-electron chi connectivity index (χ4n) is 1.52. The third-order valence-electron chi connectivity index (χ3n) is 2.30. The van der Waals surface area contributed by atoms with E-state index in [1.54, 1.807) is 11.3 Å². The summed E-state index contributed by atoms with van der Waals surface area (Å²) >= 11 is 17.6. The van der Waals surface area contributed by atoms with Gasteiger partial charge in [0, 0.05) is 22.8 Å². The van der Waals surface area contributed by atoms with Gasteiger partial charge >= 0.3 is 0 Å². The van der Waals surface area contributed by atoms with E-state index in [0.717, 1.165) is 9.50 Å². The minimum atomic E-state index is 0.182. The van der Waals surface area contributed by atoms with Crippen molar-refractivity contribution in [2.45, 2.75) is 11.8 Å². The number of aryl methyl sites for hydroxylation is 1. The fraction of sp³-hybridized carbons (Fsp3) is 0.167. The molecule has 0 aliphatic carbocycles. The Morgan fingerprint density at radius 1 is 1.35 bits per heavy atom. The molecule has 2 aromatic rings. The number of alkyl halides is 1. The van der Waals surface area contributed by atoms with Gasteiger partial charge in [-0.05, 0) is 75.3 Å². The number of benzene rings is 1. The molecule has 1 unspecified atom stereocenters. The molecular formula is C12H8Br2ClIS. The van der Waals surface area contributed by atoms with E-state index in [4.69, 9.17) is 11.6 Å². The molecule has 5 heteroatoms. The molecular weight excluding hydrogens is 498 g/mol. The van der Waals surface area contributed by atoms with Crippen molar-refractivity contribution in [3.05, 3.63) is 52.6 Å². The molecule has 1 aromatic heterocycles. The van der Waals surface area contributed by atoms with Crippen molar-refractivity contribution in [3.8, 4) is 0 Å². The molecule has 17 heavy (non-hydrogen) atoms. The summed E-state index contributed by atoms with van der Waals surface area (Å²) in [5, 5.41) is 0.772.